The van der Waals surface area contributed by atoms with Gasteiger partial charge in [0.2, 0.25) is 5.91 Å². The fraction of sp³-hybridized carbons (Fsp3) is 0.700. The van der Waals surface area contributed by atoms with E-state index in [4.69, 9.17) is 12.2 Å². The van der Waals surface area contributed by atoms with Gasteiger partial charge >= 0.3 is 0 Å². The summed E-state index contributed by atoms with van der Waals surface area (Å²) in [5, 5.41) is 0. The van der Waals surface area contributed by atoms with E-state index in [1.54, 1.807) is 0 Å². The van der Waals surface area contributed by atoms with E-state index in [9.17, 15) is 4.79 Å². The van der Waals surface area contributed by atoms with E-state index in [0.717, 1.165) is 32.5 Å². The van der Waals surface area contributed by atoms with Crippen LogP contribution in [0.15, 0.2) is 0 Å². The number of terminal acetylenes is 1. The Kier molecular flexibility index (Phi) is 6.35. The molecule has 14 heavy (non-hydrogen) atoms. The summed E-state index contributed by atoms with van der Waals surface area (Å²) in [6.45, 7) is 2.73. The molecule has 1 aliphatic heterocycles. The number of carbonyl (C=O) groups is 1. The SMILES string of the molecule is C#CCN1CCC(CC(N)=O)CC1.Cl. The first-order valence-corrected chi connectivity index (χ1v) is 4.66. The fourth-order valence-corrected chi connectivity index (χ4v) is 1.76. The van der Waals surface area contributed by atoms with Gasteiger partial charge in [0.15, 0.2) is 0 Å². The van der Waals surface area contributed by atoms with Gasteiger partial charge in [-0.25, -0.2) is 0 Å². The molecule has 1 amide bonds. The average Bonchev–Trinajstić information content (AvgIpc) is 2.08. The van der Waals surface area contributed by atoms with Gasteiger partial charge in [-0.1, -0.05) is 5.92 Å². The van der Waals surface area contributed by atoms with Crippen LogP contribution in [0.25, 0.3) is 0 Å². The van der Waals surface area contributed by atoms with Crippen molar-refractivity contribution in [2.45, 2.75) is 19.3 Å². The third-order valence-corrected chi connectivity index (χ3v) is 2.51. The maximum atomic E-state index is 10.7. The van der Waals surface area contributed by atoms with Crippen LogP contribution in [0.4, 0.5) is 0 Å². The summed E-state index contributed by atoms with van der Waals surface area (Å²) in [7, 11) is 0. The second-order valence-electron chi connectivity index (χ2n) is 3.59. The van der Waals surface area contributed by atoms with Gasteiger partial charge in [0.1, 0.15) is 0 Å². The van der Waals surface area contributed by atoms with E-state index in [1.165, 1.54) is 0 Å². The summed E-state index contributed by atoms with van der Waals surface area (Å²) in [5.74, 6) is 2.92. The van der Waals surface area contributed by atoms with Crippen LogP contribution in [0, 0.1) is 18.3 Å². The van der Waals surface area contributed by atoms with E-state index in [-0.39, 0.29) is 18.3 Å². The zero-order valence-corrected chi connectivity index (χ0v) is 9.05. The summed E-state index contributed by atoms with van der Waals surface area (Å²) < 4.78 is 0. The third-order valence-electron chi connectivity index (χ3n) is 2.51. The van der Waals surface area contributed by atoms with Gasteiger partial charge in [-0.15, -0.1) is 18.8 Å². The third kappa shape index (κ3) is 4.50. The second kappa shape index (κ2) is 6.69. The highest BCUT2D eigenvalue weighted by molar-refractivity contribution is 5.85. The number of halogens is 1. The quantitative estimate of drug-likeness (QED) is 0.704. The maximum absolute atomic E-state index is 10.7. The first-order chi connectivity index (χ1) is 6.22. The normalized spacial score (nSPS) is 18.2. The van der Waals surface area contributed by atoms with Gasteiger partial charge in [-0.3, -0.25) is 9.69 Å². The van der Waals surface area contributed by atoms with E-state index in [0.29, 0.717) is 12.3 Å². The van der Waals surface area contributed by atoms with E-state index in [2.05, 4.69) is 10.8 Å². The van der Waals surface area contributed by atoms with Crippen molar-refractivity contribution in [2.24, 2.45) is 11.7 Å². The molecule has 0 aliphatic carbocycles. The Labute approximate surface area is 91.4 Å². The molecule has 0 aromatic carbocycles. The zero-order chi connectivity index (χ0) is 9.68. The van der Waals surface area contributed by atoms with Crippen molar-refractivity contribution in [2.75, 3.05) is 19.6 Å². The minimum atomic E-state index is -0.185. The number of primary amides is 1. The predicted octanol–water partition coefficient (Wildman–Crippen LogP) is 0.629. The standard InChI is InChI=1S/C10H16N2O.ClH/c1-2-5-12-6-3-9(4-7-12)8-10(11)13;/h1,9H,3-8H2,(H2,11,13);1H. The Morgan fingerprint density at radius 3 is 2.50 bits per heavy atom. The average molecular weight is 217 g/mol. The van der Waals surface area contributed by atoms with Crippen molar-refractivity contribution in [1.29, 1.82) is 0 Å². The number of piperidine rings is 1. The lowest BCUT2D eigenvalue weighted by Gasteiger charge is -2.29. The number of nitrogens with zero attached hydrogens (tertiary/aromatic N) is 1. The zero-order valence-electron chi connectivity index (χ0n) is 8.24. The molecule has 4 heteroatoms. The van der Waals surface area contributed by atoms with Crippen LogP contribution < -0.4 is 5.73 Å². The Morgan fingerprint density at radius 1 is 1.50 bits per heavy atom. The molecular formula is C10H17ClN2O. The van der Waals surface area contributed by atoms with Crippen LogP contribution >= 0.6 is 12.4 Å². The van der Waals surface area contributed by atoms with Crippen molar-refractivity contribution >= 4 is 18.3 Å². The number of hydrogen-bond donors (Lipinski definition) is 1. The Hall–Kier alpha value is -0.720. The molecule has 3 nitrogen and oxygen atoms in total. The molecule has 0 aromatic heterocycles. The first-order valence-electron chi connectivity index (χ1n) is 4.66. The summed E-state index contributed by atoms with van der Waals surface area (Å²) >= 11 is 0. The van der Waals surface area contributed by atoms with Crippen LogP contribution in [-0.4, -0.2) is 30.4 Å². The van der Waals surface area contributed by atoms with Gasteiger partial charge in [0.25, 0.3) is 0 Å². The van der Waals surface area contributed by atoms with Gasteiger partial charge in [0.05, 0.1) is 6.54 Å². The Morgan fingerprint density at radius 2 is 2.07 bits per heavy atom. The highest BCUT2D eigenvalue weighted by atomic mass is 35.5. The summed E-state index contributed by atoms with van der Waals surface area (Å²) in [6, 6.07) is 0. The lowest BCUT2D eigenvalue weighted by atomic mass is 9.93. The molecule has 0 radical (unpaired) electrons. The molecule has 0 unspecified atom stereocenters. The molecule has 2 N–H and O–H groups in total. The number of amides is 1. The largest absolute Gasteiger partial charge is 0.370 e. The Balaban J connectivity index is 0.00000169. The van der Waals surface area contributed by atoms with Crippen LogP contribution in [0.2, 0.25) is 0 Å². The second-order valence-corrected chi connectivity index (χ2v) is 3.59. The maximum Gasteiger partial charge on any atom is 0.217 e. The van der Waals surface area contributed by atoms with Crippen molar-refractivity contribution in [1.82, 2.24) is 4.90 Å². The minimum absolute atomic E-state index is 0. The molecule has 1 fully saturated rings. The van der Waals surface area contributed by atoms with Crippen molar-refractivity contribution in [3.63, 3.8) is 0 Å². The molecule has 1 saturated heterocycles. The monoisotopic (exact) mass is 216 g/mol. The molecule has 0 aromatic rings. The summed E-state index contributed by atoms with van der Waals surface area (Å²) in [4.78, 5) is 12.9. The van der Waals surface area contributed by atoms with E-state index >= 15 is 0 Å². The molecule has 1 aliphatic rings. The highest BCUT2D eigenvalue weighted by Gasteiger charge is 2.19. The molecule has 0 bridgehead atoms. The number of nitrogens with two attached hydrogens (primary N) is 1. The number of hydrogen-bond acceptors (Lipinski definition) is 2. The number of carbonyl (C=O) groups excluding carboxylic acids is 1. The van der Waals surface area contributed by atoms with Crippen LogP contribution in [0.1, 0.15) is 19.3 Å². The summed E-state index contributed by atoms with van der Waals surface area (Å²) in [6.07, 6.45) is 7.83. The van der Waals surface area contributed by atoms with Crippen molar-refractivity contribution in [3.05, 3.63) is 0 Å². The molecule has 80 valence electrons. The smallest absolute Gasteiger partial charge is 0.217 e. The van der Waals surface area contributed by atoms with Gasteiger partial charge in [-0.2, -0.15) is 0 Å². The van der Waals surface area contributed by atoms with Gasteiger partial charge < -0.3 is 5.73 Å². The molecule has 0 atom stereocenters. The first kappa shape index (κ1) is 13.3. The van der Waals surface area contributed by atoms with Gasteiger partial charge in [0, 0.05) is 6.42 Å². The Bertz CT molecular complexity index is 217. The topological polar surface area (TPSA) is 46.3 Å². The predicted molar refractivity (Wildman–Crippen MR) is 59.1 cm³/mol. The fourth-order valence-electron chi connectivity index (χ4n) is 1.76. The van der Waals surface area contributed by atoms with E-state index in [1.807, 2.05) is 0 Å². The van der Waals surface area contributed by atoms with Crippen LogP contribution in [0.3, 0.4) is 0 Å². The van der Waals surface area contributed by atoms with Crippen molar-refractivity contribution < 1.29 is 4.79 Å². The molecule has 1 rings (SSSR count). The lowest BCUT2D eigenvalue weighted by molar-refractivity contribution is -0.119. The minimum Gasteiger partial charge on any atom is -0.370 e. The molecule has 0 spiro atoms. The van der Waals surface area contributed by atoms with E-state index < -0.39 is 0 Å². The lowest BCUT2D eigenvalue weighted by Crippen LogP contribution is -2.35. The van der Waals surface area contributed by atoms with Crippen molar-refractivity contribution in [3.8, 4) is 12.3 Å². The molecule has 1 heterocycles. The molecule has 0 saturated carbocycles. The number of likely N-dealkylation sites (tertiary alicyclic amines) is 1. The summed E-state index contributed by atoms with van der Waals surface area (Å²) in [5.41, 5.74) is 5.13. The molecular weight excluding hydrogens is 200 g/mol. The van der Waals surface area contributed by atoms with Gasteiger partial charge in [-0.05, 0) is 31.8 Å². The van der Waals surface area contributed by atoms with Crippen LogP contribution in [-0.2, 0) is 4.79 Å². The highest BCUT2D eigenvalue weighted by Crippen LogP contribution is 2.19. The van der Waals surface area contributed by atoms with Crippen LogP contribution in [0.5, 0.6) is 0 Å². The number of rotatable bonds is 3.